The molecule has 0 aliphatic rings. The van der Waals surface area contributed by atoms with Crippen molar-refractivity contribution in [2.24, 2.45) is 0 Å². The molecule has 0 radical (unpaired) electrons. The van der Waals surface area contributed by atoms with Crippen molar-refractivity contribution in [1.82, 2.24) is 0 Å². The Labute approximate surface area is 154 Å². The van der Waals surface area contributed by atoms with Crippen LogP contribution in [0.15, 0.2) is 77.7 Å². The van der Waals surface area contributed by atoms with Gasteiger partial charge in [0.25, 0.3) is 0 Å². The fourth-order valence-corrected chi connectivity index (χ4v) is 3.45. The summed E-state index contributed by atoms with van der Waals surface area (Å²) in [6.07, 6.45) is 0.745. The molecule has 0 saturated heterocycles. The molecular formula is C21H20O4S. The Morgan fingerprint density at radius 1 is 0.731 bits per heavy atom. The molecule has 0 N–H and O–H groups in total. The molecule has 0 aliphatic heterocycles. The average molecular weight is 368 g/mol. The highest BCUT2D eigenvalue weighted by atomic mass is 32.2. The molecule has 0 bridgehead atoms. The molecule has 4 nitrogen and oxygen atoms in total. The van der Waals surface area contributed by atoms with Gasteiger partial charge in [-0.3, -0.25) is 0 Å². The molecule has 0 heterocycles. The van der Waals surface area contributed by atoms with Crippen LogP contribution in [-0.4, -0.2) is 15.5 Å². The van der Waals surface area contributed by atoms with Crippen LogP contribution < -0.4 is 8.92 Å². The SMILES string of the molecule is COc1ccc(Cc2ccc(OS(=O)(=O)c3ccc(C)cc3)cc2)cc1. The minimum Gasteiger partial charge on any atom is -0.497 e. The predicted octanol–water partition coefficient (Wildman–Crippen LogP) is 4.36. The molecule has 0 saturated carbocycles. The second kappa shape index (κ2) is 7.62. The van der Waals surface area contributed by atoms with E-state index in [2.05, 4.69) is 0 Å². The van der Waals surface area contributed by atoms with Gasteiger partial charge in [-0.25, -0.2) is 0 Å². The van der Waals surface area contributed by atoms with Crippen molar-refractivity contribution in [3.63, 3.8) is 0 Å². The summed E-state index contributed by atoms with van der Waals surface area (Å²) < 4.78 is 35.0. The van der Waals surface area contributed by atoms with Crippen molar-refractivity contribution in [2.45, 2.75) is 18.2 Å². The molecule has 3 aromatic rings. The van der Waals surface area contributed by atoms with E-state index in [0.29, 0.717) is 5.75 Å². The standard InChI is InChI=1S/C21H20O4S/c1-16-3-13-21(14-4-16)26(22,23)25-20-11-7-18(8-12-20)15-17-5-9-19(24-2)10-6-17/h3-14H,15H2,1-2H3. The third kappa shape index (κ3) is 4.43. The van der Waals surface area contributed by atoms with Crippen molar-refractivity contribution in [3.05, 3.63) is 89.5 Å². The molecule has 3 aromatic carbocycles. The van der Waals surface area contributed by atoms with Crippen LogP contribution in [0.1, 0.15) is 16.7 Å². The second-order valence-corrected chi connectivity index (χ2v) is 7.57. The molecule has 134 valence electrons. The van der Waals surface area contributed by atoms with Crippen LogP contribution in [0, 0.1) is 6.92 Å². The highest BCUT2D eigenvalue weighted by Crippen LogP contribution is 2.21. The molecule has 0 unspecified atom stereocenters. The van der Waals surface area contributed by atoms with Gasteiger partial charge in [-0.1, -0.05) is 42.0 Å². The first-order valence-corrected chi connectivity index (χ1v) is 9.60. The number of ether oxygens (including phenoxy) is 1. The summed E-state index contributed by atoms with van der Waals surface area (Å²) in [5.41, 5.74) is 3.20. The van der Waals surface area contributed by atoms with Gasteiger partial charge in [0.05, 0.1) is 7.11 Å². The maximum absolute atomic E-state index is 12.3. The minimum atomic E-state index is -3.82. The van der Waals surface area contributed by atoms with Gasteiger partial charge in [0, 0.05) is 0 Å². The topological polar surface area (TPSA) is 52.6 Å². The molecule has 0 fully saturated rings. The third-order valence-corrected chi connectivity index (χ3v) is 5.27. The lowest BCUT2D eigenvalue weighted by molar-refractivity contribution is 0.414. The molecule has 0 amide bonds. The Morgan fingerprint density at radius 3 is 1.73 bits per heavy atom. The summed E-state index contributed by atoms with van der Waals surface area (Å²) in [5.74, 6) is 1.11. The Morgan fingerprint density at radius 2 is 1.23 bits per heavy atom. The summed E-state index contributed by atoms with van der Waals surface area (Å²) in [5, 5.41) is 0. The molecule has 0 aromatic heterocycles. The predicted molar refractivity (Wildman–Crippen MR) is 101 cm³/mol. The van der Waals surface area contributed by atoms with E-state index in [1.54, 1.807) is 43.5 Å². The molecule has 0 spiro atoms. The Balaban J connectivity index is 1.69. The van der Waals surface area contributed by atoms with Crippen LogP contribution in [0.25, 0.3) is 0 Å². The number of aryl methyl sites for hydroxylation is 1. The summed E-state index contributed by atoms with van der Waals surface area (Å²) >= 11 is 0. The zero-order valence-corrected chi connectivity index (χ0v) is 15.5. The van der Waals surface area contributed by atoms with Gasteiger partial charge >= 0.3 is 10.1 Å². The van der Waals surface area contributed by atoms with E-state index >= 15 is 0 Å². The third-order valence-electron chi connectivity index (χ3n) is 4.01. The van der Waals surface area contributed by atoms with E-state index < -0.39 is 10.1 Å². The lowest BCUT2D eigenvalue weighted by Gasteiger charge is -2.08. The highest BCUT2D eigenvalue weighted by molar-refractivity contribution is 7.87. The van der Waals surface area contributed by atoms with Gasteiger partial charge in [0.2, 0.25) is 0 Å². The quantitative estimate of drug-likeness (QED) is 0.607. The summed E-state index contributed by atoms with van der Waals surface area (Å²) in [6.45, 7) is 1.90. The van der Waals surface area contributed by atoms with Crippen LogP contribution in [0.2, 0.25) is 0 Å². The zero-order valence-electron chi connectivity index (χ0n) is 14.7. The van der Waals surface area contributed by atoms with Crippen LogP contribution in [-0.2, 0) is 16.5 Å². The van der Waals surface area contributed by atoms with E-state index in [1.165, 1.54) is 0 Å². The van der Waals surface area contributed by atoms with Crippen molar-refractivity contribution in [3.8, 4) is 11.5 Å². The Hall–Kier alpha value is -2.79. The average Bonchev–Trinajstić information content (AvgIpc) is 2.64. The lowest BCUT2D eigenvalue weighted by Crippen LogP contribution is -2.09. The van der Waals surface area contributed by atoms with Gasteiger partial charge in [0.1, 0.15) is 16.4 Å². The minimum absolute atomic E-state index is 0.144. The second-order valence-electron chi connectivity index (χ2n) is 6.02. The van der Waals surface area contributed by atoms with Gasteiger partial charge < -0.3 is 8.92 Å². The van der Waals surface area contributed by atoms with E-state index in [4.69, 9.17) is 8.92 Å². The van der Waals surface area contributed by atoms with Crippen molar-refractivity contribution < 1.29 is 17.3 Å². The smallest absolute Gasteiger partial charge is 0.339 e. The number of methoxy groups -OCH3 is 1. The maximum atomic E-state index is 12.3. The van der Waals surface area contributed by atoms with E-state index in [9.17, 15) is 8.42 Å². The highest BCUT2D eigenvalue weighted by Gasteiger charge is 2.16. The maximum Gasteiger partial charge on any atom is 0.339 e. The van der Waals surface area contributed by atoms with Crippen molar-refractivity contribution in [2.75, 3.05) is 7.11 Å². The van der Waals surface area contributed by atoms with E-state index in [0.717, 1.165) is 28.9 Å². The van der Waals surface area contributed by atoms with Crippen LogP contribution in [0.4, 0.5) is 0 Å². The number of rotatable bonds is 6. The zero-order chi connectivity index (χ0) is 18.6. The first-order valence-electron chi connectivity index (χ1n) is 8.19. The first-order chi connectivity index (χ1) is 12.5. The largest absolute Gasteiger partial charge is 0.497 e. The lowest BCUT2D eigenvalue weighted by atomic mass is 10.0. The number of hydrogen-bond acceptors (Lipinski definition) is 4. The van der Waals surface area contributed by atoms with Crippen LogP contribution in [0.5, 0.6) is 11.5 Å². The fraction of sp³-hybridized carbons (Fsp3) is 0.143. The number of benzene rings is 3. The van der Waals surface area contributed by atoms with E-state index in [1.807, 2.05) is 43.3 Å². The molecule has 0 atom stereocenters. The first kappa shape index (κ1) is 18.0. The summed E-state index contributed by atoms with van der Waals surface area (Å²) in [6, 6.07) is 21.5. The fourth-order valence-electron chi connectivity index (χ4n) is 2.52. The van der Waals surface area contributed by atoms with Gasteiger partial charge in [-0.15, -0.1) is 0 Å². The van der Waals surface area contributed by atoms with Crippen molar-refractivity contribution in [1.29, 1.82) is 0 Å². The van der Waals surface area contributed by atoms with Gasteiger partial charge in [0.15, 0.2) is 0 Å². The normalized spacial score (nSPS) is 11.2. The van der Waals surface area contributed by atoms with Crippen LogP contribution in [0.3, 0.4) is 0 Å². The monoisotopic (exact) mass is 368 g/mol. The van der Waals surface area contributed by atoms with E-state index in [-0.39, 0.29) is 4.90 Å². The molecule has 5 heteroatoms. The van der Waals surface area contributed by atoms with Crippen molar-refractivity contribution >= 4 is 10.1 Å². The molecule has 26 heavy (non-hydrogen) atoms. The Bertz CT molecular complexity index is 958. The number of hydrogen-bond donors (Lipinski definition) is 0. The summed E-state index contributed by atoms with van der Waals surface area (Å²) in [4.78, 5) is 0.144. The Kier molecular flexibility index (Phi) is 5.28. The van der Waals surface area contributed by atoms with Gasteiger partial charge in [-0.2, -0.15) is 8.42 Å². The molecule has 3 rings (SSSR count). The van der Waals surface area contributed by atoms with Gasteiger partial charge in [-0.05, 0) is 60.9 Å². The van der Waals surface area contributed by atoms with Crippen LogP contribution >= 0.6 is 0 Å². The molecular weight excluding hydrogens is 348 g/mol. The molecule has 0 aliphatic carbocycles. The summed E-state index contributed by atoms with van der Waals surface area (Å²) in [7, 11) is -2.19.